The van der Waals surface area contributed by atoms with Gasteiger partial charge in [-0.1, -0.05) is 0 Å². The van der Waals surface area contributed by atoms with E-state index in [0.29, 0.717) is 31.3 Å². The Kier molecular flexibility index (Phi) is 8.78. The van der Waals surface area contributed by atoms with Gasteiger partial charge in [-0.25, -0.2) is 14.8 Å². The number of carbonyl (C=O) groups excluding carboxylic acids is 2. The summed E-state index contributed by atoms with van der Waals surface area (Å²) >= 11 is 0. The van der Waals surface area contributed by atoms with Gasteiger partial charge in [0.25, 0.3) is 0 Å². The van der Waals surface area contributed by atoms with Gasteiger partial charge < -0.3 is 19.1 Å². The molecule has 29 heavy (non-hydrogen) atoms. The first-order chi connectivity index (χ1) is 13.8. The molecule has 0 aliphatic carbocycles. The molecule has 2 rings (SSSR count). The van der Waals surface area contributed by atoms with E-state index in [-0.39, 0.29) is 12.4 Å². The molecule has 1 saturated heterocycles. The summed E-state index contributed by atoms with van der Waals surface area (Å²) in [4.78, 5) is 36.3. The lowest BCUT2D eigenvalue weighted by Gasteiger charge is -2.34. The third-order valence-electron chi connectivity index (χ3n) is 4.23. The lowest BCUT2D eigenvalue weighted by Crippen LogP contribution is -2.47. The van der Waals surface area contributed by atoms with E-state index < -0.39 is 11.6 Å². The van der Waals surface area contributed by atoms with Crippen molar-refractivity contribution in [3.63, 3.8) is 0 Å². The summed E-state index contributed by atoms with van der Waals surface area (Å²) in [6.45, 7) is 12.8. The zero-order valence-electron chi connectivity index (χ0n) is 17.8. The van der Waals surface area contributed by atoms with Crippen molar-refractivity contribution in [3.8, 4) is 0 Å². The first-order valence-electron chi connectivity index (χ1n) is 10.0. The Morgan fingerprint density at radius 3 is 2.31 bits per heavy atom. The number of esters is 2. The average molecular weight is 408 g/mol. The Morgan fingerprint density at radius 1 is 1.07 bits per heavy atom. The fraction of sp³-hybridized carbons (Fsp3) is 0.700. The second-order valence-electron chi connectivity index (χ2n) is 7.77. The summed E-state index contributed by atoms with van der Waals surface area (Å²) < 4.78 is 15.8. The number of carbonyl (C=O) groups is 2. The Labute approximate surface area is 172 Å². The largest absolute Gasteiger partial charge is 0.462 e. The summed E-state index contributed by atoms with van der Waals surface area (Å²) in [6.07, 6.45) is 3.28. The zero-order chi connectivity index (χ0) is 21.3. The van der Waals surface area contributed by atoms with Crippen LogP contribution in [0.2, 0.25) is 0 Å². The Balaban J connectivity index is 1.63. The van der Waals surface area contributed by atoms with E-state index in [0.717, 1.165) is 32.7 Å². The van der Waals surface area contributed by atoms with E-state index in [1.807, 2.05) is 20.8 Å². The van der Waals surface area contributed by atoms with E-state index in [1.54, 1.807) is 6.92 Å². The van der Waals surface area contributed by atoms with Gasteiger partial charge in [0, 0.05) is 45.1 Å². The highest BCUT2D eigenvalue weighted by molar-refractivity contribution is 5.88. The number of piperazine rings is 1. The third kappa shape index (κ3) is 8.33. The molecule has 0 atom stereocenters. The van der Waals surface area contributed by atoms with E-state index >= 15 is 0 Å². The molecule has 9 heteroatoms. The predicted molar refractivity (Wildman–Crippen MR) is 108 cm³/mol. The highest BCUT2D eigenvalue weighted by atomic mass is 16.6. The summed E-state index contributed by atoms with van der Waals surface area (Å²) in [5.74, 6) is -0.0260. The highest BCUT2D eigenvalue weighted by Crippen LogP contribution is 2.12. The van der Waals surface area contributed by atoms with Crippen molar-refractivity contribution >= 4 is 17.9 Å². The molecule has 0 radical (unpaired) electrons. The maximum atomic E-state index is 11.7. The van der Waals surface area contributed by atoms with Crippen LogP contribution in [0.4, 0.5) is 5.95 Å². The smallest absolute Gasteiger partial charge is 0.341 e. The molecule has 1 fully saturated rings. The van der Waals surface area contributed by atoms with Crippen LogP contribution in [-0.2, 0) is 19.0 Å². The molecule has 0 aromatic carbocycles. The van der Waals surface area contributed by atoms with Crippen LogP contribution in [0.15, 0.2) is 12.4 Å². The molecule has 1 aliphatic rings. The normalized spacial score (nSPS) is 15.2. The van der Waals surface area contributed by atoms with Gasteiger partial charge in [0.05, 0.1) is 31.8 Å². The number of rotatable bonds is 9. The monoisotopic (exact) mass is 408 g/mol. The van der Waals surface area contributed by atoms with Crippen molar-refractivity contribution < 1.29 is 23.8 Å². The number of ether oxygens (including phenoxy) is 3. The van der Waals surface area contributed by atoms with Crippen LogP contribution in [0, 0.1) is 0 Å². The van der Waals surface area contributed by atoms with Crippen LogP contribution < -0.4 is 4.90 Å². The molecule has 9 nitrogen and oxygen atoms in total. The van der Waals surface area contributed by atoms with Crippen LogP contribution in [0.5, 0.6) is 0 Å². The Morgan fingerprint density at radius 2 is 1.72 bits per heavy atom. The standard InChI is InChI=1S/C20H32N4O5/c1-5-28-18(26)16-14-21-19(22-15-16)24-9-7-23(8-10-24)11-13-27-12-6-17(25)29-20(2,3)4/h14-15H,5-13H2,1-4H3. The molecule has 0 spiro atoms. The summed E-state index contributed by atoms with van der Waals surface area (Å²) in [6, 6.07) is 0. The van der Waals surface area contributed by atoms with Crippen molar-refractivity contribution in [3.05, 3.63) is 18.0 Å². The molecular formula is C20H32N4O5. The molecule has 0 unspecified atom stereocenters. The Hall–Kier alpha value is -2.26. The first kappa shape index (κ1) is 23.0. The van der Waals surface area contributed by atoms with Gasteiger partial charge in [-0.3, -0.25) is 9.69 Å². The van der Waals surface area contributed by atoms with Gasteiger partial charge >= 0.3 is 11.9 Å². The lowest BCUT2D eigenvalue weighted by molar-refractivity contribution is -0.156. The van der Waals surface area contributed by atoms with Crippen molar-refractivity contribution in [1.82, 2.24) is 14.9 Å². The minimum atomic E-state index is -0.459. The summed E-state index contributed by atoms with van der Waals surface area (Å²) in [5, 5.41) is 0. The molecule has 1 aromatic rings. The SMILES string of the molecule is CCOC(=O)c1cnc(N2CCN(CCOCCC(=O)OC(C)(C)C)CC2)nc1. The third-order valence-corrected chi connectivity index (χ3v) is 4.23. The van der Waals surface area contributed by atoms with Gasteiger partial charge in [-0.05, 0) is 27.7 Å². The predicted octanol–water partition coefficient (Wildman–Crippen LogP) is 1.52. The van der Waals surface area contributed by atoms with E-state index in [1.165, 1.54) is 12.4 Å². The molecule has 2 heterocycles. The lowest BCUT2D eigenvalue weighted by atomic mass is 10.2. The first-order valence-corrected chi connectivity index (χ1v) is 10.0. The fourth-order valence-corrected chi connectivity index (χ4v) is 2.82. The highest BCUT2D eigenvalue weighted by Gasteiger charge is 2.20. The average Bonchev–Trinajstić information content (AvgIpc) is 2.67. The van der Waals surface area contributed by atoms with Gasteiger partial charge in [0.2, 0.25) is 5.95 Å². The van der Waals surface area contributed by atoms with Crippen molar-refractivity contribution in [1.29, 1.82) is 0 Å². The van der Waals surface area contributed by atoms with Gasteiger partial charge in [0.1, 0.15) is 5.60 Å². The maximum Gasteiger partial charge on any atom is 0.341 e. The number of hydrogen-bond acceptors (Lipinski definition) is 9. The zero-order valence-corrected chi connectivity index (χ0v) is 17.8. The molecule has 1 aromatic heterocycles. The van der Waals surface area contributed by atoms with Crippen LogP contribution in [-0.4, -0.2) is 85.0 Å². The van der Waals surface area contributed by atoms with Crippen molar-refractivity contribution in [2.45, 2.75) is 39.7 Å². The summed E-state index contributed by atoms with van der Waals surface area (Å²) in [7, 11) is 0. The van der Waals surface area contributed by atoms with E-state index in [2.05, 4.69) is 19.8 Å². The summed E-state index contributed by atoms with van der Waals surface area (Å²) in [5.41, 5.74) is -0.0997. The second-order valence-corrected chi connectivity index (χ2v) is 7.77. The quantitative estimate of drug-likeness (QED) is 0.445. The van der Waals surface area contributed by atoms with Crippen LogP contribution in [0.3, 0.4) is 0 Å². The number of hydrogen-bond donors (Lipinski definition) is 0. The van der Waals surface area contributed by atoms with Crippen LogP contribution >= 0.6 is 0 Å². The minimum Gasteiger partial charge on any atom is -0.462 e. The molecule has 0 amide bonds. The molecule has 0 saturated carbocycles. The van der Waals surface area contributed by atoms with Gasteiger partial charge in [-0.2, -0.15) is 0 Å². The topological polar surface area (TPSA) is 94.1 Å². The maximum absolute atomic E-state index is 11.7. The molecule has 1 aliphatic heterocycles. The van der Waals surface area contributed by atoms with Gasteiger partial charge in [-0.15, -0.1) is 0 Å². The van der Waals surface area contributed by atoms with E-state index in [9.17, 15) is 9.59 Å². The van der Waals surface area contributed by atoms with E-state index in [4.69, 9.17) is 14.2 Å². The number of anilines is 1. The number of nitrogens with zero attached hydrogens (tertiary/aromatic N) is 4. The van der Waals surface area contributed by atoms with Crippen molar-refractivity contribution in [2.24, 2.45) is 0 Å². The molecule has 162 valence electrons. The Bertz CT molecular complexity index is 652. The molecule has 0 N–H and O–H groups in total. The minimum absolute atomic E-state index is 0.236. The van der Waals surface area contributed by atoms with Gasteiger partial charge in [0.15, 0.2) is 0 Å². The fourth-order valence-electron chi connectivity index (χ4n) is 2.82. The number of aromatic nitrogens is 2. The van der Waals surface area contributed by atoms with Crippen LogP contribution in [0.25, 0.3) is 0 Å². The second kappa shape index (κ2) is 11.1. The molecular weight excluding hydrogens is 376 g/mol. The molecule has 0 bridgehead atoms. The van der Waals surface area contributed by atoms with Crippen LogP contribution in [0.1, 0.15) is 44.5 Å². The van der Waals surface area contributed by atoms with Crippen molar-refractivity contribution in [2.75, 3.05) is 57.4 Å².